The molecule has 0 radical (unpaired) electrons. The Morgan fingerprint density at radius 3 is 2.81 bits per heavy atom. The molecule has 1 unspecified atom stereocenters. The second-order valence-corrected chi connectivity index (χ2v) is 6.39. The lowest BCUT2D eigenvalue weighted by molar-refractivity contribution is 0.0994. The number of pyridine rings is 1. The SMILES string of the molecule is CC(C)Oc1cc2c(OC[C@H]3NC(=O)OC3C)nccc2cc1C(N)=O. The summed E-state index contributed by atoms with van der Waals surface area (Å²) in [5.74, 6) is 0.186. The van der Waals surface area contributed by atoms with Crippen molar-refractivity contribution in [1.29, 1.82) is 0 Å². The third-order valence-corrected chi connectivity index (χ3v) is 4.02. The van der Waals surface area contributed by atoms with Gasteiger partial charge in [0.2, 0.25) is 5.88 Å². The quantitative estimate of drug-likeness (QED) is 0.816. The highest BCUT2D eigenvalue weighted by Gasteiger charge is 2.31. The van der Waals surface area contributed by atoms with Crippen molar-refractivity contribution in [2.45, 2.75) is 39.0 Å². The minimum atomic E-state index is -0.568. The van der Waals surface area contributed by atoms with Gasteiger partial charge in [0.25, 0.3) is 5.91 Å². The van der Waals surface area contributed by atoms with Gasteiger partial charge in [-0.25, -0.2) is 9.78 Å². The number of nitrogens with one attached hydrogen (secondary N) is 1. The summed E-state index contributed by atoms with van der Waals surface area (Å²) >= 11 is 0. The number of hydrogen-bond donors (Lipinski definition) is 2. The zero-order valence-electron chi connectivity index (χ0n) is 14.8. The first kappa shape index (κ1) is 17.8. The molecular weight excluding hydrogens is 338 g/mol. The summed E-state index contributed by atoms with van der Waals surface area (Å²) in [6.45, 7) is 5.71. The number of aromatic nitrogens is 1. The van der Waals surface area contributed by atoms with Crippen LogP contribution in [0.1, 0.15) is 31.1 Å². The number of rotatable bonds is 6. The van der Waals surface area contributed by atoms with Crippen LogP contribution >= 0.6 is 0 Å². The molecule has 2 atom stereocenters. The molecule has 1 aliphatic heterocycles. The van der Waals surface area contributed by atoms with Gasteiger partial charge in [0.05, 0.1) is 11.7 Å². The van der Waals surface area contributed by atoms with Crippen LogP contribution in [0.4, 0.5) is 4.79 Å². The summed E-state index contributed by atoms with van der Waals surface area (Å²) in [5.41, 5.74) is 5.77. The lowest BCUT2D eigenvalue weighted by Crippen LogP contribution is -2.36. The van der Waals surface area contributed by atoms with Gasteiger partial charge in [0, 0.05) is 11.6 Å². The third kappa shape index (κ3) is 3.63. The van der Waals surface area contributed by atoms with Crippen molar-refractivity contribution in [3.63, 3.8) is 0 Å². The minimum Gasteiger partial charge on any atom is -0.490 e. The summed E-state index contributed by atoms with van der Waals surface area (Å²) in [6.07, 6.45) is 0.700. The maximum atomic E-state index is 11.7. The van der Waals surface area contributed by atoms with Crippen molar-refractivity contribution < 1.29 is 23.8 Å². The topological polar surface area (TPSA) is 113 Å². The van der Waals surface area contributed by atoms with Crippen LogP contribution in [0.5, 0.6) is 11.6 Å². The molecule has 2 amide bonds. The Labute approximate surface area is 150 Å². The molecule has 0 spiro atoms. The molecular formula is C18H21N3O5. The van der Waals surface area contributed by atoms with Crippen LogP contribution in [-0.4, -0.2) is 41.8 Å². The highest BCUT2D eigenvalue weighted by molar-refractivity contribution is 6.01. The molecule has 1 aromatic carbocycles. The summed E-state index contributed by atoms with van der Waals surface area (Å²) in [6, 6.07) is 4.85. The molecule has 0 saturated carbocycles. The number of alkyl carbamates (subject to hydrolysis) is 1. The lowest BCUT2D eigenvalue weighted by atomic mass is 10.1. The van der Waals surface area contributed by atoms with Gasteiger partial charge in [-0.05, 0) is 44.4 Å². The summed E-state index contributed by atoms with van der Waals surface area (Å²) in [5, 5.41) is 4.12. The van der Waals surface area contributed by atoms with Crippen LogP contribution in [0.3, 0.4) is 0 Å². The molecule has 1 aliphatic rings. The third-order valence-electron chi connectivity index (χ3n) is 4.02. The van der Waals surface area contributed by atoms with Gasteiger partial charge in [-0.2, -0.15) is 0 Å². The molecule has 0 bridgehead atoms. The second-order valence-electron chi connectivity index (χ2n) is 6.39. The predicted molar refractivity (Wildman–Crippen MR) is 94.4 cm³/mol. The van der Waals surface area contributed by atoms with E-state index >= 15 is 0 Å². The van der Waals surface area contributed by atoms with Crippen LogP contribution in [0.25, 0.3) is 10.8 Å². The summed E-state index contributed by atoms with van der Waals surface area (Å²) in [7, 11) is 0. The smallest absolute Gasteiger partial charge is 0.407 e. The van der Waals surface area contributed by atoms with Gasteiger partial charge in [-0.1, -0.05) is 0 Å². The normalized spacial score (nSPS) is 19.3. The molecule has 3 rings (SSSR count). The zero-order chi connectivity index (χ0) is 18.8. The molecule has 138 valence electrons. The fourth-order valence-electron chi connectivity index (χ4n) is 2.73. The molecule has 1 saturated heterocycles. The molecule has 8 nitrogen and oxygen atoms in total. The van der Waals surface area contributed by atoms with Gasteiger partial charge < -0.3 is 25.3 Å². The largest absolute Gasteiger partial charge is 0.490 e. The van der Waals surface area contributed by atoms with E-state index in [0.717, 1.165) is 5.39 Å². The van der Waals surface area contributed by atoms with Crippen molar-refractivity contribution in [3.05, 3.63) is 30.0 Å². The molecule has 3 N–H and O–H groups in total. The fraction of sp³-hybridized carbons (Fsp3) is 0.389. The van der Waals surface area contributed by atoms with E-state index in [4.69, 9.17) is 19.9 Å². The van der Waals surface area contributed by atoms with Gasteiger partial charge in [0.1, 0.15) is 24.5 Å². The zero-order valence-corrected chi connectivity index (χ0v) is 14.8. The molecule has 2 aromatic rings. The first-order valence-corrected chi connectivity index (χ1v) is 8.34. The van der Waals surface area contributed by atoms with Crippen LogP contribution in [0, 0.1) is 0 Å². The number of carbonyl (C=O) groups excluding carboxylic acids is 2. The summed E-state index contributed by atoms with van der Waals surface area (Å²) in [4.78, 5) is 27.3. The molecule has 2 heterocycles. The van der Waals surface area contributed by atoms with Crippen LogP contribution in [0.15, 0.2) is 24.4 Å². The van der Waals surface area contributed by atoms with E-state index in [9.17, 15) is 9.59 Å². The number of fused-ring (bicyclic) bond motifs is 1. The van der Waals surface area contributed by atoms with Crippen molar-refractivity contribution in [3.8, 4) is 11.6 Å². The van der Waals surface area contributed by atoms with E-state index in [-0.39, 0.29) is 24.9 Å². The molecule has 0 aliphatic carbocycles. The average molecular weight is 359 g/mol. The molecule has 26 heavy (non-hydrogen) atoms. The Morgan fingerprint density at radius 1 is 1.42 bits per heavy atom. The number of carbonyl (C=O) groups is 2. The van der Waals surface area contributed by atoms with E-state index < -0.39 is 12.0 Å². The van der Waals surface area contributed by atoms with Crippen molar-refractivity contribution in [1.82, 2.24) is 10.3 Å². The fourth-order valence-corrected chi connectivity index (χ4v) is 2.73. The van der Waals surface area contributed by atoms with Crippen molar-refractivity contribution in [2.75, 3.05) is 6.61 Å². The number of hydrogen-bond acceptors (Lipinski definition) is 6. The van der Waals surface area contributed by atoms with Crippen LogP contribution < -0.4 is 20.5 Å². The number of nitrogens with two attached hydrogens (primary N) is 1. The maximum absolute atomic E-state index is 11.7. The Bertz CT molecular complexity index is 852. The Hall–Kier alpha value is -3.03. The van der Waals surface area contributed by atoms with E-state index in [2.05, 4.69) is 10.3 Å². The lowest BCUT2D eigenvalue weighted by Gasteiger charge is -2.17. The second kappa shape index (κ2) is 7.07. The van der Waals surface area contributed by atoms with Crippen LogP contribution in [-0.2, 0) is 4.74 Å². The molecule has 1 fully saturated rings. The Balaban J connectivity index is 1.93. The van der Waals surface area contributed by atoms with E-state index in [1.54, 1.807) is 31.3 Å². The molecule has 1 aromatic heterocycles. The van der Waals surface area contributed by atoms with Crippen molar-refractivity contribution in [2.24, 2.45) is 5.73 Å². The summed E-state index contributed by atoms with van der Waals surface area (Å²) < 4.78 is 16.6. The number of cyclic esters (lactones) is 1. The standard InChI is InChI=1S/C18H21N3O5/c1-9(2)25-15-7-12-11(6-13(15)16(19)22)4-5-20-17(12)24-8-14-10(3)26-18(23)21-14/h4-7,9-10,14H,8H2,1-3H3,(H2,19,22)(H,21,23)/t10?,14-/m1/s1. The van der Waals surface area contributed by atoms with Gasteiger partial charge in [-0.3, -0.25) is 4.79 Å². The first-order chi connectivity index (χ1) is 12.3. The first-order valence-electron chi connectivity index (χ1n) is 8.34. The average Bonchev–Trinajstić information content (AvgIpc) is 2.89. The van der Waals surface area contributed by atoms with Gasteiger partial charge >= 0.3 is 6.09 Å². The number of primary amides is 1. The minimum absolute atomic E-state index is 0.127. The Kier molecular flexibility index (Phi) is 4.83. The highest BCUT2D eigenvalue weighted by atomic mass is 16.6. The van der Waals surface area contributed by atoms with Crippen molar-refractivity contribution >= 4 is 22.8 Å². The van der Waals surface area contributed by atoms with Gasteiger partial charge in [-0.15, -0.1) is 0 Å². The van der Waals surface area contributed by atoms with E-state index in [0.29, 0.717) is 22.6 Å². The van der Waals surface area contributed by atoms with E-state index in [1.807, 2.05) is 13.8 Å². The number of benzene rings is 1. The predicted octanol–water partition coefficient (Wildman–Crippen LogP) is 2.00. The number of nitrogens with zero attached hydrogens (tertiary/aromatic N) is 1. The monoisotopic (exact) mass is 359 g/mol. The highest BCUT2D eigenvalue weighted by Crippen LogP contribution is 2.31. The number of amides is 2. The maximum Gasteiger partial charge on any atom is 0.407 e. The number of ether oxygens (including phenoxy) is 3. The van der Waals surface area contributed by atoms with Gasteiger partial charge in [0.15, 0.2) is 0 Å². The van der Waals surface area contributed by atoms with Crippen LogP contribution in [0.2, 0.25) is 0 Å². The Morgan fingerprint density at radius 2 is 2.19 bits per heavy atom. The van der Waals surface area contributed by atoms with E-state index in [1.165, 1.54) is 0 Å². The molecule has 8 heteroatoms.